The summed E-state index contributed by atoms with van der Waals surface area (Å²) in [5.74, 6) is 1.68. The molecule has 0 amide bonds. The lowest BCUT2D eigenvalue weighted by Crippen LogP contribution is -2.29. The largest absolute Gasteiger partial charge is 0.497 e. The van der Waals surface area contributed by atoms with Gasteiger partial charge in [-0.05, 0) is 56.5 Å². The van der Waals surface area contributed by atoms with E-state index in [4.69, 9.17) is 4.74 Å². The molecule has 19 heavy (non-hydrogen) atoms. The molecule has 1 saturated heterocycles. The molecule has 3 nitrogen and oxygen atoms in total. The summed E-state index contributed by atoms with van der Waals surface area (Å²) in [6.07, 6.45) is 4.04. The molecule has 0 bridgehead atoms. The number of likely N-dealkylation sites (tertiary alicyclic amines) is 1. The van der Waals surface area contributed by atoms with Crippen LogP contribution in [0.5, 0.6) is 5.75 Å². The van der Waals surface area contributed by atoms with Crippen molar-refractivity contribution in [3.63, 3.8) is 0 Å². The smallest absolute Gasteiger partial charge is 0.118 e. The van der Waals surface area contributed by atoms with Gasteiger partial charge < -0.3 is 10.1 Å². The maximum atomic E-state index is 5.25. The van der Waals surface area contributed by atoms with Gasteiger partial charge in [-0.25, -0.2) is 0 Å². The maximum absolute atomic E-state index is 5.25. The summed E-state index contributed by atoms with van der Waals surface area (Å²) in [5, 5.41) is 3.69. The van der Waals surface area contributed by atoms with Gasteiger partial charge in [0.1, 0.15) is 5.75 Å². The van der Waals surface area contributed by atoms with Crippen LogP contribution in [0.15, 0.2) is 24.3 Å². The SMILES string of the molecule is COc1ccc(C2C(CNC3CC3)CCN2C)cc1. The van der Waals surface area contributed by atoms with Crippen LogP contribution in [0, 0.1) is 5.92 Å². The molecule has 1 aromatic carbocycles. The van der Waals surface area contributed by atoms with Crippen molar-refractivity contribution < 1.29 is 4.74 Å². The third-order valence-electron chi connectivity index (χ3n) is 4.48. The Hall–Kier alpha value is -1.06. The molecule has 1 heterocycles. The van der Waals surface area contributed by atoms with Crippen LogP contribution in [0.1, 0.15) is 30.9 Å². The lowest BCUT2D eigenvalue weighted by Gasteiger charge is -2.26. The third kappa shape index (κ3) is 2.93. The van der Waals surface area contributed by atoms with Crippen LogP contribution in [0.4, 0.5) is 0 Å². The first-order valence-corrected chi connectivity index (χ1v) is 7.35. The van der Waals surface area contributed by atoms with E-state index in [9.17, 15) is 0 Å². The van der Waals surface area contributed by atoms with E-state index in [0.29, 0.717) is 6.04 Å². The molecular formula is C16H24N2O. The van der Waals surface area contributed by atoms with E-state index in [-0.39, 0.29) is 0 Å². The molecule has 1 aliphatic heterocycles. The van der Waals surface area contributed by atoms with E-state index in [2.05, 4.69) is 41.5 Å². The second-order valence-electron chi connectivity index (χ2n) is 5.93. The Bertz CT molecular complexity index is 413. The minimum absolute atomic E-state index is 0.553. The Morgan fingerprint density at radius 1 is 1.21 bits per heavy atom. The van der Waals surface area contributed by atoms with E-state index in [0.717, 1.165) is 24.3 Å². The molecule has 2 fully saturated rings. The standard InChI is InChI=1S/C16H24N2O/c1-18-10-9-13(11-17-14-5-6-14)16(18)12-3-7-15(19-2)8-4-12/h3-4,7-8,13-14,16-17H,5-6,9-11H2,1-2H3. The maximum Gasteiger partial charge on any atom is 0.118 e. The van der Waals surface area contributed by atoms with Crippen molar-refractivity contribution in [1.82, 2.24) is 10.2 Å². The molecule has 3 rings (SSSR count). The van der Waals surface area contributed by atoms with E-state index < -0.39 is 0 Å². The summed E-state index contributed by atoms with van der Waals surface area (Å²) in [6.45, 7) is 2.36. The van der Waals surface area contributed by atoms with Gasteiger partial charge in [-0.15, -0.1) is 0 Å². The van der Waals surface area contributed by atoms with Crippen LogP contribution >= 0.6 is 0 Å². The van der Waals surface area contributed by atoms with Crippen molar-refractivity contribution in [2.45, 2.75) is 31.3 Å². The van der Waals surface area contributed by atoms with Gasteiger partial charge in [0.15, 0.2) is 0 Å². The highest BCUT2D eigenvalue weighted by Gasteiger charge is 2.34. The van der Waals surface area contributed by atoms with E-state index >= 15 is 0 Å². The van der Waals surface area contributed by atoms with Crippen molar-refractivity contribution >= 4 is 0 Å². The van der Waals surface area contributed by atoms with Gasteiger partial charge in [-0.1, -0.05) is 12.1 Å². The predicted octanol–water partition coefficient (Wildman–Crippen LogP) is 2.44. The van der Waals surface area contributed by atoms with Gasteiger partial charge >= 0.3 is 0 Å². The van der Waals surface area contributed by atoms with Crippen LogP contribution in [-0.2, 0) is 0 Å². The molecule has 1 aliphatic carbocycles. The van der Waals surface area contributed by atoms with Crippen LogP contribution in [0.3, 0.4) is 0 Å². The van der Waals surface area contributed by atoms with E-state index in [1.807, 2.05) is 0 Å². The minimum atomic E-state index is 0.553. The molecule has 1 aromatic rings. The second-order valence-corrected chi connectivity index (χ2v) is 5.93. The monoisotopic (exact) mass is 260 g/mol. The zero-order valence-corrected chi connectivity index (χ0v) is 11.9. The molecule has 2 atom stereocenters. The summed E-state index contributed by atoms with van der Waals surface area (Å²) in [4.78, 5) is 2.49. The Balaban J connectivity index is 1.70. The fraction of sp³-hybridized carbons (Fsp3) is 0.625. The van der Waals surface area contributed by atoms with Crippen LogP contribution in [0.25, 0.3) is 0 Å². The van der Waals surface area contributed by atoms with Gasteiger partial charge in [0, 0.05) is 18.6 Å². The molecule has 1 saturated carbocycles. The number of ether oxygens (including phenoxy) is 1. The van der Waals surface area contributed by atoms with Crippen molar-refractivity contribution in [2.75, 3.05) is 27.2 Å². The number of hydrogen-bond acceptors (Lipinski definition) is 3. The molecular weight excluding hydrogens is 236 g/mol. The Morgan fingerprint density at radius 2 is 1.95 bits per heavy atom. The van der Waals surface area contributed by atoms with E-state index in [1.165, 1.54) is 31.4 Å². The molecule has 1 N–H and O–H groups in total. The zero-order chi connectivity index (χ0) is 13.2. The zero-order valence-electron chi connectivity index (χ0n) is 11.9. The molecule has 0 aromatic heterocycles. The highest BCUT2D eigenvalue weighted by molar-refractivity contribution is 5.30. The summed E-state index contributed by atoms with van der Waals surface area (Å²) in [5.41, 5.74) is 1.42. The number of benzene rings is 1. The Morgan fingerprint density at radius 3 is 2.58 bits per heavy atom. The number of methoxy groups -OCH3 is 1. The van der Waals surface area contributed by atoms with Gasteiger partial charge in [-0.2, -0.15) is 0 Å². The first-order chi connectivity index (χ1) is 9.28. The predicted molar refractivity (Wildman–Crippen MR) is 77.5 cm³/mol. The van der Waals surface area contributed by atoms with Crippen LogP contribution < -0.4 is 10.1 Å². The van der Waals surface area contributed by atoms with Gasteiger partial charge in [0.05, 0.1) is 7.11 Å². The average Bonchev–Trinajstić information content (AvgIpc) is 3.20. The number of rotatable bonds is 5. The number of nitrogens with one attached hydrogen (secondary N) is 1. The highest BCUT2D eigenvalue weighted by Crippen LogP contribution is 2.36. The van der Waals surface area contributed by atoms with Crippen LogP contribution in [-0.4, -0.2) is 38.2 Å². The first kappa shape index (κ1) is 12.9. The summed E-state index contributed by atoms with van der Waals surface area (Å²) in [6, 6.07) is 9.95. The van der Waals surface area contributed by atoms with Gasteiger partial charge in [-0.3, -0.25) is 4.90 Å². The second kappa shape index (κ2) is 5.51. The quantitative estimate of drug-likeness (QED) is 0.880. The summed E-state index contributed by atoms with van der Waals surface area (Å²) < 4.78 is 5.25. The number of hydrogen-bond donors (Lipinski definition) is 1. The average molecular weight is 260 g/mol. The normalized spacial score (nSPS) is 27.7. The van der Waals surface area contributed by atoms with E-state index in [1.54, 1.807) is 7.11 Å². The highest BCUT2D eigenvalue weighted by atomic mass is 16.5. The molecule has 0 radical (unpaired) electrons. The summed E-state index contributed by atoms with van der Waals surface area (Å²) in [7, 11) is 3.96. The minimum Gasteiger partial charge on any atom is -0.497 e. The molecule has 2 unspecified atom stereocenters. The fourth-order valence-corrected chi connectivity index (χ4v) is 3.17. The van der Waals surface area contributed by atoms with Gasteiger partial charge in [0.2, 0.25) is 0 Å². The molecule has 0 spiro atoms. The summed E-state index contributed by atoms with van der Waals surface area (Å²) >= 11 is 0. The molecule has 2 aliphatic rings. The Kier molecular flexibility index (Phi) is 3.76. The van der Waals surface area contributed by atoms with Crippen molar-refractivity contribution in [1.29, 1.82) is 0 Å². The molecule has 104 valence electrons. The lowest BCUT2D eigenvalue weighted by atomic mass is 9.93. The molecule has 3 heteroatoms. The Labute approximate surface area is 115 Å². The van der Waals surface area contributed by atoms with Crippen molar-refractivity contribution in [3.05, 3.63) is 29.8 Å². The third-order valence-corrected chi connectivity index (χ3v) is 4.48. The fourth-order valence-electron chi connectivity index (χ4n) is 3.17. The van der Waals surface area contributed by atoms with Crippen molar-refractivity contribution in [2.24, 2.45) is 5.92 Å². The first-order valence-electron chi connectivity index (χ1n) is 7.35. The topological polar surface area (TPSA) is 24.5 Å². The van der Waals surface area contributed by atoms with Crippen molar-refractivity contribution in [3.8, 4) is 5.75 Å². The lowest BCUT2D eigenvalue weighted by molar-refractivity contribution is 0.271. The van der Waals surface area contributed by atoms with Crippen LogP contribution in [0.2, 0.25) is 0 Å². The van der Waals surface area contributed by atoms with Gasteiger partial charge in [0.25, 0.3) is 0 Å². The number of nitrogens with zero attached hydrogens (tertiary/aromatic N) is 1.